The smallest absolute Gasteiger partial charge is 0.249 e. The van der Waals surface area contributed by atoms with Crippen LogP contribution in [-0.2, 0) is 20.8 Å². The highest BCUT2D eigenvalue weighted by molar-refractivity contribution is 6.01. The van der Waals surface area contributed by atoms with Crippen molar-refractivity contribution in [3.05, 3.63) is 35.4 Å². The fourth-order valence-corrected chi connectivity index (χ4v) is 3.32. The molecular formula is C18H23N3O3. The van der Waals surface area contributed by atoms with Crippen LogP contribution < -0.4 is 16.0 Å². The molecule has 0 bridgehead atoms. The van der Waals surface area contributed by atoms with Gasteiger partial charge < -0.3 is 10.6 Å². The Morgan fingerprint density at radius 1 is 1.08 bits per heavy atom. The number of amides is 3. The third-order valence-corrected chi connectivity index (χ3v) is 4.73. The number of rotatable bonds is 4. The number of carbonyl (C=O) groups is 3. The molecule has 1 aromatic rings. The van der Waals surface area contributed by atoms with E-state index in [-0.39, 0.29) is 24.7 Å². The summed E-state index contributed by atoms with van der Waals surface area (Å²) in [7, 11) is 0. The van der Waals surface area contributed by atoms with Gasteiger partial charge in [0.2, 0.25) is 17.7 Å². The van der Waals surface area contributed by atoms with E-state index >= 15 is 0 Å². The molecule has 1 atom stereocenters. The van der Waals surface area contributed by atoms with Crippen molar-refractivity contribution in [1.29, 1.82) is 0 Å². The van der Waals surface area contributed by atoms with Gasteiger partial charge in [-0.1, -0.05) is 24.3 Å². The molecule has 2 fully saturated rings. The molecule has 1 aromatic carbocycles. The second-order valence-electron chi connectivity index (χ2n) is 6.51. The van der Waals surface area contributed by atoms with E-state index in [9.17, 15) is 14.4 Å². The molecule has 2 heterocycles. The molecule has 2 aliphatic rings. The Morgan fingerprint density at radius 2 is 1.79 bits per heavy atom. The zero-order chi connectivity index (χ0) is 16.9. The maximum atomic E-state index is 12.1. The summed E-state index contributed by atoms with van der Waals surface area (Å²) in [4.78, 5) is 34.9. The fraction of sp³-hybridized carbons (Fsp3) is 0.500. The Kier molecular flexibility index (Phi) is 5.25. The normalized spacial score (nSPS) is 22.1. The number of hydrogen-bond donors (Lipinski definition) is 3. The third kappa shape index (κ3) is 4.20. The molecule has 24 heavy (non-hydrogen) atoms. The van der Waals surface area contributed by atoms with E-state index in [0.717, 1.165) is 31.5 Å². The van der Waals surface area contributed by atoms with Crippen LogP contribution in [0.2, 0.25) is 0 Å². The molecule has 0 radical (unpaired) electrons. The molecule has 6 nitrogen and oxygen atoms in total. The molecule has 1 unspecified atom stereocenters. The van der Waals surface area contributed by atoms with Crippen LogP contribution in [0.25, 0.3) is 0 Å². The lowest BCUT2D eigenvalue weighted by atomic mass is 9.89. The first kappa shape index (κ1) is 16.6. The molecule has 3 rings (SSSR count). The van der Waals surface area contributed by atoms with Crippen LogP contribution in [0.1, 0.15) is 42.7 Å². The molecule has 0 spiro atoms. The molecule has 2 saturated heterocycles. The Balaban J connectivity index is 1.52. The third-order valence-electron chi connectivity index (χ3n) is 4.73. The van der Waals surface area contributed by atoms with Crippen molar-refractivity contribution < 1.29 is 14.4 Å². The van der Waals surface area contributed by atoms with Gasteiger partial charge in [0, 0.05) is 6.42 Å². The van der Waals surface area contributed by atoms with E-state index in [4.69, 9.17) is 0 Å². The minimum atomic E-state index is -0.607. The lowest BCUT2D eigenvalue weighted by molar-refractivity contribution is -0.137. The number of nitrogens with one attached hydrogen (secondary N) is 3. The topological polar surface area (TPSA) is 87.3 Å². The molecular weight excluding hydrogens is 306 g/mol. The van der Waals surface area contributed by atoms with Crippen LogP contribution in [-0.4, -0.2) is 36.9 Å². The lowest BCUT2D eigenvalue weighted by Crippen LogP contribution is -2.52. The Bertz CT molecular complexity index is 621. The summed E-state index contributed by atoms with van der Waals surface area (Å²) >= 11 is 0. The van der Waals surface area contributed by atoms with Gasteiger partial charge in [-0.25, -0.2) is 0 Å². The summed E-state index contributed by atoms with van der Waals surface area (Å²) < 4.78 is 0. The predicted molar refractivity (Wildman–Crippen MR) is 89.3 cm³/mol. The molecule has 3 amide bonds. The van der Waals surface area contributed by atoms with Crippen LogP contribution in [0.5, 0.6) is 0 Å². The van der Waals surface area contributed by atoms with Gasteiger partial charge in [-0.2, -0.15) is 0 Å². The van der Waals surface area contributed by atoms with Crippen LogP contribution in [0.3, 0.4) is 0 Å². The van der Waals surface area contributed by atoms with Gasteiger partial charge in [0.05, 0.1) is 6.42 Å². The number of hydrogen-bond acceptors (Lipinski definition) is 4. The number of imide groups is 1. The molecule has 0 aromatic heterocycles. The van der Waals surface area contributed by atoms with Gasteiger partial charge >= 0.3 is 0 Å². The minimum absolute atomic E-state index is 0.195. The fourth-order valence-electron chi connectivity index (χ4n) is 3.32. The van der Waals surface area contributed by atoms with Gasteiger partial charge in [0.15, 0.2) is 0 Å². The summed E-state index contributed by atoms with van der Waals surface area (Å²) in [5.74, 6) is -0.295. The lowest BCUT2D eigenvalue weighted by Gasteiger charge is -2.23. The van der Waals surface area contributed by atoms with Crippen molar-refractivity contribution in [2.75, 3.05) is 13.1 Å². The molecule has 0 saturated carbocycles. The zero-order valence-electron chi connectivity index (χ0n) is 13.6. The Morgan fingerprint density at radius 3 is 2.46 bits per heavy atom. The van der Waals surface area contributed by atoms with Crippen molar-refractivity contribution in [1.82, 2.24) is 16.0 Å². The second kappa shape index (κ2) is 7.57. The summed E-state index contributed by atoms with van der Waals surface area (Å²) in [6.45, 7) is 2.11. The van der Waals surface area contributed by atoms with Crippen molar-refractivity contribution in [3.63, 3.8) is 0 Å². The van der Waals surface area contributed by atoms with Crippen LogP contribution >= 0.6 is 0 Å². The highest BCUT2D eigenvalue weighted by atomic mass is 16.2. The van der Waals surface area contributed by atoms with E-state index < -0.39 is 11.9 Å². The first-order chi connectivity index (χ1) is 11.6. The molecule has 128 valence electrons. The first-order valence-corrected chi connectivity index (χ1v) is 8.54. The van der Waals surface area contributed by atoms with Crippen LogP contribution in [0, 0.1) is 0 Å². The molecule has 3 N–H and O–H groups in total. The first-order valence-electron chi connectivity index (χ1n) is 8.54. The van der Waals surface area contributed by atoms with E-state index in [1.54, 1.807) is 0 Å². The number of piperidine rings is 2. The SMILES string of the molecule is O=C1CCC(NC(=O)Cc2ccc(C3CCNCC3)cc2)C(=O)N1. The van der Waals surface area contributed by atoms with Crippen molar-refractivity contribution in [3.8, 4) is 0 Å². The van der Waals surface area contributed by atoms with Gasteiger partial charge in [0.25, 0.3) is 0 Å². The summed E-state index contributed by atoms with van der Waals surface area (Å²) in [5, 5.41) is 8.31. The van der Waals surface area contributed by atoms with Crippen molar-refractivity contribution in [2.45, 2.75) is 44.1 Å². The van der Waals surface area contributed by atoms with Crippen molar-refractivity contribution in [2.24, 2.45) is 0 Å². The molecule has 6 heteroatoms. The Hall–Kier alpha value is -2.21. The van der Waals surface area contributed by atoms with Gasteiger partial charge in [-0.3, -0.25) is 19.7 Å². The van der Waals surface area contributed by atoms with Gasteiger partial charge in [0.1, 0.15) is 6.04 Å². The average molecular weight is 329 g/mol. The maximum absolute atomic E-state index is 12.1. The van der Waals surface area contributed by atoms with Crippen LogP contribution in [0.15, 0.2) is 24.3 Å². The highest BCUT2D eigenvalue weighted by Gasteiger charge is 2.27. The van der Waals surface area contributed by atoms with E-state index in [2.05, 4.69) is 28.1 Å². The van der Waals surface area contributed by atoms with E-state index in [0.29, 0.717) is 12.3 Å². The summed E-state index contributed by atoms with van der Waals surface area (Å²) in [6.07, 6.45) is 3.17. The van der Waals surface area contributed by atoms with Crippen molar-refractivity contribution >= 4 is 17.7 Å². The molecule has 2 aliphatic heterocycles. The Labute approximate surface area is 141 Å². The van der Waals surface area contributed by atoms with Gasteiger partial charge in [-0.15, -0.1) is 0 Å². The number of benzene rings is 1. The minimum Gasteiger partial charge on any atom is -0.344 e. The van der Waals surface area contributed by atoms with Gasteiger partial charge in [-0.05, 0) is 49.4 Å². The van der Waals surface area contributed by atoms with E-state index in [1.807, 2.05) is 12.1 Å². The largest absolute Gasteiger partial charge is 0.344 e. The summed E-state index contributed by atoms with van der Waals surface area (Å²) in [5.41, 5.74) is 2.25. The quantitative estimate of drug-likeness (QED) is 0.707. The van der Waals surface area contributed by atoms with Crippen LogP contribution in [0.4, 0.5) is 0 Å². The molecule has 0 aliphatic carbocycles. The second-order valence-corrected chi connectivity index (χ2v) is 6.51. The highest BCUT2D eigenvalue weighted by Crippen LogP contribution is 2.25. The standard InChI is InChI=1S/C18H23N3O3/c22-16-6-5-15(18(24)21-16)20-17(23)11-12-1-3-13(4-2-12)14-7-9-19-10-8-14/h1-4,14-15,19H,5-11H2,(H,20,23)(H,21,22,24). The zero-order valence-corrected chi connectivity index (χ0v) is 13.6. The van der Waals surface area contributed by atoms with E-state index in [1.165, 1.54) is 5.56 Å². The maximum Gasteiger partial charge on any atom is 0.249 e. The predicted octanol–water partition coefficient (Wildman–Crippen LogP) is 0.617. The monoisotopic (exact) mass is 329 g/mol. The average Bonchev–Trinajstić information content (AvgIpc) is 2.59. The summed E-state index contributed by atoms with van der Waals surface area (Å²) in [6, 6.07) is 7.57. The number of carbonyl (C=O) groups excluding carboxylic acids is 3.